The van der Waals surface area contributed by atoms with E-state index >= 15 is 0 Å². The lowest BCUT2D eigenvalue weighted by Crippen LogP contribution is -2.36. The number of ether oxygens (including phenoxy) is 3. The molecule has 0 bridgehead atoms. The van der Waals surface area contributed by atoms with E-state index in [0.717, 1.165) is 6.42 Å². The molecule has 0 saturated carbocycles. The van der Waals surface area contributed by atoms with Gasteiger partial charge in [0.05, 0.1) is 20.3 Å². The minimum absolute atomic E-state index is 0.136. The smallest absolute Gasteiger partial charge is 0.384 e. The number of carbonyl (C=O) groups is 1. The zero-order valence-corrected chi connectivity index (χ0v) is 10.0. The van der Waals surface area contributed by atoms with Gasteiger partial charge in [0.2, 0.25) is 0 Å². The molecule has 4 nitrogen and oxygen atoms in total. The maximum Gasteiger partial charge on any atom is 0.384 e. The van der Waals surface area contributed by atoms with E-state index in [1.54, 1.807) is 0 Å². The number of methoxy groups -OCH3 is 1. The first-order valence-electron chi connectivity index (χ1n) is 5.49. The molecule has 0 N–H and O–H groups in total. The third kappa shape index (κ3) is 2.97. The second kappa shape index (κ2) is 5.88. The fourth-order valence-electron chi connectivity index (χ4n) is 1.79. The van der Waals surface area contributed by atoms with Crippen LogP contribution in [0.3, 0.4) is 0 Å². The third-order valence-corrected chi connectivity index (χ3v) is 2.80. The van der Waals surface area contributed by atoms with E-state index in [1.165, 1.54) is 7.11 Å². The van der Waals surface area contributed by atoms with Crippen molar-refractivity contribution in [2.75, 3.05) is 20.3 Å². The predicted octanol–water partition coefficient (Wildman–Crippen LogP) is 1.34. The monoisotopic (exact) mass is 226 g/mol. The molecular formula is C12H18O4. The Balaban J connectivity index is 2.52. The van der Waals surface area contributed by atoms with E-state index in [1.807, 2.05) is 13.8 Å². The Labute approximate surface area is 96.2 Å². The van der Waals surface area contributed by atoms with Crippen molar-refractivity contribution in [2.45, 2.75) is 32.5 Å². The number of carbonyl (C=O) groups excluding carboxylic acids is 1. The van der Waals surface area contributed by atoms with Crippen LogP contribution in [0.2, 0.25) is 0 Å². The Morgan fingerprint density at radius 3 is 2.62 bits per heavy atom. The van der Waals surface area contributed by atoms with Crippen LogP contribution < -0.4 is 0 Å². The van der Waals surface area contributed by atoms with Crippen molar-refractivity contribution in [1.29, 1.82) is 0 Å². The van der Waals surface area contributed by atoms with Gasteiger partial charge in [0.25, 0.3) is 0 Å². The first-order valence-corrected chi connectivity index (χ1v) is 5.49. The molecule has 1 fully saturated rings. The number of esters is 1. The summed E-state index contributed by atoms with van der Waals surface area (Å²) < 4.78 is 15.7. The van der Waals surface area contributed by atoms with Crippen LogP contribution in [-0.2, 0) is 19.0 Å². The lowest BCUT2D eigenvalue weighted by Gasteiger charge is -2.31. The van der Waals surface area contributed by atoms with Crippen molar-refractivity contribution in [3.8, 4) is 11.8 Å². The minimum Gasteiger partial charge on any atom is -0.459 e. The fourth-order valence-corrected chi connectivity index (χ4v) is 1.79. The summed E-state index contributed by atoms with van der Waals surface area (Å²) >= 11 is 0. The summed E-state index contributed by atoms with van der Waals surface area (Å²) in [6, 6.07) is 0. The molecule has 90 valence electrons. The molecular weight excluding hydrogens is 208 g/mol. The first-order chi connectivity index (χ1) is 7.64. The van der Waals surface area contributed by atoms with Crippen LogP contribution in [-0.4, -0.2) is 32.1 Å². The van der Waals surface area contributed by atoms with Gasteiger partial charge in [-0.3, -0.25) is 0 Å². The summed E-state index contributed by atoms with van der Waals surface area (Å²) in [5.74, 6) is 4.30. The van der Waals surface area contributed by atoms with Gasteiger partial charge in [0.15, 0.2) is 5.79 Å². The fraction of sp³-hybridized carbons (Fsp3) is 0.750. The van der Waals surface area contributed by atoms with Gasteiger partial charge in [-0.1, -0.05) is 19.8 Å². The van der Waals surface area contributed by atoms with Gasteiger partial charge in [-0.2, -0.15) is 0 Å². The molecule has 1 aliphatic heterocycles. The van der Waals surface area contributed by atoms with E-state index in [2.05, 4.69) is 16.6 Å². The highest BCUT2D eigenvalue weighted by molar-refractivity contribution is 5.88. The van der Waals surface area contributed by atoms with Gasteiger partial charge in [0, 0.05) is 18.3 Å². The van der Waals surface area contributed by atoms with Crippen molar-refractivity contribution in [2.24, 2.45) is 5.92 Å². The molecule has 0 aromatic carbocycles. The molecule has 16 heavy (non-hydrogen) atoms. The van der Waals surface area contributed by atoms with Crippen LogP contribution in [0.25, 0.3) is 0 Å². The summed E-state index contributed by atoms with van der Waals surface area (Å²) in [7, 11) is 1.32. The van der Waals surface area contributed by atoms with Gasteiger partial charge in [-0.05, 0) is 6.42 Å². The van der Waals surface area contributed by atoms with Crippen molar-refractivity contribution in [3.63, 3.8) is 0 Å². The molecule has 0 aliphatic carbocycles. The molecule has 0 spiro atoms. The highest BCUT2D eigenvalue weighted by atomic mass is 16.7. The van der Waals surface area contributed by atoms with E-state index in [9.17, 15) is 4.79 Å². The molecule has 0 amide bonds. The number of hydrogen-bond donors (Lipinski definition) is 0. The second-order valence-electron chi connectivity index (χ2n) is 3.76. The first kappa shape index (κ1) is 13.0. The summed E-state index contributed by atoms with van der Waals surface area (Å²) in [6.45, 7) is 5.29. The molecule has 1 atom stereocenters. The molecule has 1 saturated heterocycles. The third-order valence-electron chi connectivity index (χ3n) is 2.80. The number of hydrogen-bond acceptors (Lipinski definition) is 4. The standard InChI is InChI=1S/C12H18O4/c1-4-12(15-8-9-16-12)10(2)6-5-7-11(13)14-3/h10H,4,6,8-9H2,1-3H3/t10-/m0/s1. The Kier molecular flexibility index (Phi) is 4.78. The predicted molar refractivity (Wildman–Crippen MR) is 58.5 cm³/mol. The minimum atomic E-state index is -0.523. The second-order valence-corrected chi connectivity index (χ2v) is 3.76. The summed E-state index contributed by atoms with van der Waals surface area (Å²) in [5.41, 5.74) is 0. The average Bonchev–Trinajstić information content (AvgIpc) is 2.78. The normalized spacial score (nSPS) is 19.7. The van der Waals surface area contributed by atoms with Gasteiger partial charge in [-0.15, -0.1) is 0 Å². The largest absolute Gasteiger partial charge is 0.459 e. The summed E-state index contributed by atoms with van der Waals surface area (Å²) in [6.07, 6.45) is 1.34. The molecule has 4 heteroatoms. The van der Waals surface area contributed by atoms with E-state index in [0.29, 0.717) is 19.6 Å². The van der Waals surface area contributed by atoms with Crippen LogP contribution in [0.1, 0.15) is 26.7 Å². The SMILES string of the molecule is CCC1([C@@H](C)CC#CC(=O)OC)OCCO1. The van der Waals surface area contributed by atoms with E-state index in [4.69, 9.17) is 9.47 Å². The summed E-state index contributed by atoms with van der Waals surface area (Å²) in [4.78, 5) is 10.8. The van der Waals surface area contributed by atoms with Gasteiger partial charge < -0.3 is 14.2 Å². The average molecular weight is 226 g/mol. The molecule has 0 aromatic heterocycles. The summed E-state index contributed by atoms with van der Waals surface area (Å²) in [5, 5.41) is 0. The molecule has 0 unspecified atom stereocenters. The van der Waals surface area contributed by atoms with E-state index < -0.39 is 11.8 Å². The molecule has 1 rings (SSSR count). The number of rotatable bonds is 3. The Morgan fingerprint density at radius 1 is 1.50 bits per heavy atom. The molecule has 0 radical (unpaired) electrons. The van der Waals surface area contributed by atoms with Crippen LogP contribution >= 0.6 is 0 Å². The van der Waals surface area contributed by atoms with Crippen LogP contribution in [0, 0.1) is 17.8 Å². The van der Waals surface area contributed by atoms with Gasteiger partial charge in [-0.25, -0.2) is 4.79 Å². The molecule has 0 aromatic rings. The molecule has 1 heterocycles. The topological polar surface area (TPSA) is 44.8 Å². The molecule has 1 aliphatic rings. The highest BCUT2D eigenvalue weighted by Gasteiger charge is 2.39. The van der Waals surface area contributed by atoms with Gasteiger partial charge >= 0.3 is 5.97 Å². The highest BCUT2D eigenvalue weighted by Crippen LogP contribution is 2.33. The van der Waals surface area contributed by atoms with E-state index in [-0.39, 0.29) is 5.92 Å². The van der Waals surface area contributed by atoms with Crippen LogP contribution in [0.15, 0.2) is 0 Å². The van der Waals surface area contributed by atoms with Crippen LogP contribution in [0.5, 0.6) is 0 Å². The maximum atomic E-state index is 10.8. The lowest BCUT2D eigenvalue weighted by atomic mass is 9.95. The Hall–Kier alpha value is -1.05. The lowest BCUT2D eigenvalue weighted by molar-refractivity contribution is -0.192. The van der Waals surface area contributed by atoms with Crippen molar-refractivity contribution in [3.05, 3.63) is 0 Å². The van der Waals surface area contributed by atoms with Crippen molar-refractivity contribution >= 4 is 5.97 Å². The Bertz CT molecular complexity index is 294. The zero-order valence-electron chi connectivity index (χ0n) is 10.0. The van der Waals surface area contributed by atoms with Gasteiger partial charge in [0.1, 0.15) is 0 Å². The quantitative estimate of drug-likeness (QED) is 0.414. The Morgan fingerprint density at radius 2 is 2.12 bits per heavy atom. The van der Waals surface area contributed by atoms with Crippen molar-refractivity contribution in [1.82, 2.24) is 0 Å². The zero-order chi connectivity index (χ0) is 12.0. The van der Waals surface area contributed by atoms with Crippen molar-refractivity contribution < 1.29 is 19.0 Å². The maximum absolute atomic E-state index is 10.8. The van der Waals surface area contributed by atoms with Crippen LogP contribution in [0.4, 0.5) is 0 Å².